The lowest BCUT2D eigenvalue weighted by molar-refractivity contribution is -0.157. The van der Waals surface area contributed by atoms with Crippen LogP contribution in [-0.4, -0.2) is 373 Å². The molecule has 1 atom stereocenters. The van der Waals surface area contributed by atoms with Crippen LogP contribution >= 0.6 is 0 Å². The minimum atomic E-state index is -1.46. The van der Waals surface area contributed by atoms with Crippen LogP contribution < -0.4 is 10.2 Å². The number of carboxylic acids is 2. The molecule has 1 aromatic rings. The Hall–Kier alpha value is -4.20. The van der Waals surface area contributed by atoms with Crippen molar-refractivity contribution in [2.45, 2.75) is 135 Å². The van der Waals surface area contributed by atoms with Gasteiger partial charge in [0.05, 0.1) is 324 Å². The quantitative estimate of drug-likeness (QED) is 0.0350. The Kier molecular flexibility index (Phi) is 83.3. The van der Waals surface area contributed by atoms with Crippen LogP contribution in [0.2, 0.25) is 0 Å². The maximum absolute atomic E-state index is 13.5. The van der Waals surface area contributed by atoms with E-state index in [-0.39, 0.29) is 51.0 Å². The number of ether oxygens (including phenoxy) is 24. The smallest absolute Gasteiger partial charge is 0.335 e. The minimum absolute atomic E-state index is 0.0579. The van der Waals surface area contributed by atoms with Gasteiger partial charge in [-0.15, -0.1) is 4.73 Å². The normalized spacial score (nSPS) is 12.2. The highest BCUT2D eigenvalue weighted by Crippen LogP contribution is 2.33. The zero-order chi connectivity index (χ0) is 82.1. The Bertz CT molecular complexity index is 2180. The SMILES string of the molecule is CCCCCCCCCCC(CCCCCCCCCCC(=O)O)(C(=O)O)C(=O)NCCOCCOCCOCCOCCOCCOCCOCCOCCOCCOCCOCCOCCOCCOCCOCCOCCOCCOCCOCCOCCOCCOCCOCCOCCC(=O)On1c(O)ccc1O. The average molecular weight is 1650 g/mol. The first-order valence-electron chi connectivity index (χ1n) is 41.5. The standard InChI is InChI=1S/C79H148N2O33/c1-2-3-4-5-6-10-13-16-22-79(78(88)89,23-17-14-11-8-7-9-12-15-18-75(84)85)77(87)80-24-26-91-28-30-93-32-34-95-36-38-97-40-42-99-44-46-101-48-50-103-52-54-105-56-58-107-60-62-109-64-66-111-68-70-113-72-71-112-69-67-110-65-63-108-61-59-106-57-55-104-53-51-102-49-47-100-45-43-98-41-39-96-37-35-94-33-31-92-29-27-90-25-21-76(86)114-81-73(82)19-20-74(81)83/h19-20,82-83H,2-18,21-72H2,1H3,(H,80,87)(H,84,85)(H,88,89). The van der Waals surface area contributed by atoms with E-state index in [0.717, 1.165) is 57.8 Å². The summed E-state index contributed by atoms with van der Waals surface area (Å²) in [5.74, 6) is -3.69. The number of aliphatic carboxylic acids is 2. The van der Waals surface area contributed by atoms with Gasteiger partial charge in [-0.05, 0) is 19.3 Å². The number of hydrogen-bond acceptors (Lipinski definition) is 31. The Morgan fingerprint density at radius 1 is 0.281 bits per heavy atom. The maximum Gasteiger partial charge on any atom is 0.335 e. The summed E-state index contributed by atoms with van der Waals surface area (Å²) in [6.45, 7) is 23.0. The number of nitrogens with one attached hydrogen (secondary N) is 1. The number of carbonyl (C=O) groups is 4. The molecule has 0 fully saturated rings. The molecule has 1 rings (SSSR count). The molecule has 0 aliphatic carbocycles. The molecule has 0 bridgehead atoms. The van der Waals surface area contributed by atoms with Crippen molar-refractivity contribution < 1.29 is 158 Å². The van der Waals surface area contributed by atoms with E-state index in [2.05, 4.69) is 12.2 Å². The van der Waals surface area contributed by atoms with Gasteiger partial charge in [0.25, 0.3) is 0 Å². The third-order valence-electron chi connectivity index (χ3n) is 16.6. The summed E-state index contributed by atoms with van der Waals surface area (Å²) in [6, 6.07) is 2.39. The molecule has 1 amide bonds. The van der Waals surface area contributed by atoms with Gasteiger partial charge in [0, 0.05) is 25.1 Å². The molecule has 1 heterocycles. The third kappa shape index (κ3) is 75.3. The summed E-state index contributed by atoms with van der Waals surface area (Å²) < 4.78 is 133. The van der Waals surface area contributed by atoms with Crippen LogP contribution in [0.1, 0.15) is 135 Å². The lowest BCUT2D eigenvalue weighted by Crippen LogP contribution is -2.47. The first kappa shape index (κ1) is 108. The summed E-state index contributed by atoms with van der Waals surface area (Å²) in [4.78, 5) is 53.6. The molecule has 35 heteroatoms. The average Bonchev–Trinajstić information content (AvgIpc) is 1.01. The number of aromatic hydroxyl groups is 2. The molecular formula is C79H148N2O33. The van der Waals surface area contributed by atoms with Crippen molar-refractivity contribution in [1.29, 1.82) is 0 Å². The molecule has 35 nitrogen and oxygen atoms in total. The van der Waals surface area contributed by atoms with Gasteiger partial charge in [-0.3, -0.25) is 14.4 Å². The van der Waals surface area contributed by atoms with Crippen molar-refractivity contribution in [2.75, 3.05) is 324 Å². The summed E-state index contributed by atoms with van der Waals surface area (Å²) in [5, 5.41) is 41.1. The van der Waals surface area contributed by atoms with E-state index < -0.39 is 29.2 Å². The number of aromatic nitrogens is 1. The molecule has 1 aromatic heterocycles. The van der Waals surface area contributed by atoms with Crippen molar-refractivity contribution in [2.24, 2.45) is 5.41 Å². The first-order chi connectivity index (χ1) is 56.1. The second-order valence-electron chi connectivity index (χ2n) is 25.8. The fraction of sp³-hybridized carbons (Fsp3) is 0.899. The molecule has 1 unspecified atom stereocenters. The first-order valence-corrected chi connectivity index (χ1v) is 41.5. The summed E-state index contributed by atoms with van der Waals surface area (Å²) >= 11 is 0. The molecule has 0 aromatic carbocycles. The molecule has 5 N–H and O–H groups in total. The van der Waals surface area contributed by atoms with Crippen LogP contribution in [0.25, 0.3) is 0 Å². The van der Waals surface area contributed by atoms with Crippen LogP contribution in [0, 0.1) is 5.41 Å². The number of carbonyl (C=O) groups excluding carboxylic acids is 2. The highest BCUT2D eigenvalue weighted by molar-refractivity contribution is 6.01. The lowest BCUT2D eigenvalue weighted by Gasteiger charge is -2.28. The highest BCUT2D eigenvalue weighted by atomic mass is 16.7. The second-order valence-corrected chi connectivity index (χ2v) is 25.8. The van der Waals surface area contributed by atoms with Gasteiger partial charge in [-0.1, -0.05) is 103 Å². The van der Waals surface area contributed by atoms with Crippen LogP contribution in [0.4, 0.5) is 0 Å². The number of unbranched alkanes of at least 4 members (excludes halogenated alkanes) is 14. The van der Waals surface area contributed by atoms with E-state index in [0.29, 0.717) is 334 Å². The number of carboxylic acid groups (broad SMARTS) is 2. The topological polar surface area (TPSA) is 397 Å². The minimum Gasteiger partial charge on any atom is -0.492 e. The number of hydrogen-bond donors (Lipinski definition) is 5. The monoisotopic (exact) mass is 1650 g/mol. The fourth-order valence-corrected chi connectivity index (χ4v) is 10.4. The molecule has 0 saturated heterocycles. The van der Waals surface area contributed by atoms with E-state index in [1.807, 2.05) is 0 Å². The number of rotatable bonds is 98. The van der Waals surface area contributed by atoms with E-state index in [1.165, 1.54) is 37.8 Å². The van der Waals surface area contributed by atoms with Crippen molar-refractivity contribution in [3.63, 3.8) is 0 Å². The van der Waals surface area contributed by atoms with Gasteiger partial charge in [-0.25, -0.2) is 4.79 Å². The molecule has 114 heavy (non-hydrogen) atoms. The molecule has 0 spiro atoms. The zero-order valence-corrected chi connectivity index (χ0v) is 69.0. The van der Waals surface area contributed by atoms with Crippen LogP contribution in [0.15, 0.2) is 12.1 Å². The fourth-order valence-electron chi connectivity index (χ4n) is 10.4. The van der Waals surface area contributed by atoms with Crippen molar-refractivity contribution in [1.82, 2.24) is 10.0 Å². The van der Waals surface area contributed by atoms with Crippen LogP contribution in [0.5, 0.6) is 11.8 Å². The molecule has 672 valence electrons. The molecular weight excluding hydrogens is 1500 g/mol. The third-order valence-corrected chi connectivity index (χ3v) is 16.6. The zero-order valence-electron chi connectivity index (χ0n) is 69.0. The molecule has 0 aliphatic rings. The van der Waals surface area contributed by atoms with E-state index in [1.54, 1.807) is 0 Å². The summed E-state index contributed by atoms with van der Waals surface area (Å²) in [5.41, 5.74) is -1.46. The Balaban J connectivity index is 1.72. The van der Waals surface area contributed by atoms with Crippen LogP contribution in [0.3, 0.4) is 0 Å². The van der Waals surface area contributed by atoms with Crippen molar-refractivity contribution >= 4 is 23.8 Å². The van der Waals surface area contributed by atoms with Crippen molar-refractivity contribution in [3.05, 3.63) is 12.1 Å². The predicted molar refractivity (Wildman–Crippen MR) is 418 cm³/mol. The Labute approximate surface area is 677 Å². The van der Waals surface area contributed by atoms with Gasteiger partial charge in [-0.2, -0.15) is 0 Å². The maximum atomic E-state index is 13.5. The molecule has 0 aliphatic heterocycles. The summed E-state index contributed by atoms with van der Waals surface area (Å²) in [7, 11) is 0. The van der Waals surface area contributed by atoms with Gasteiger partial charge >= 0.3 is 17.9 Å². The van der Waals surface area contributed by atoms with E-state index >= 15 is 0 Å². The van der Waals surface area contributed by atoms with E-state index in [4.69, 9.17) is 124 Å². The Morgan fingerprint density at radius 2 is 0.482 bits per heavy atom. The van der Waals surface area contributed by atoms with Gasteiger partial charge in [0.1, 0.15) is 5.41 Å². The second kappa shape index (κ2) is 88.1. The largest absolute Gasteiger partial charge is 0.492 e. The van der Waals surface area contributed by atoms with Crippen molar-refractivity contribution in [3.8, 4) is 11.8 Å². The number of nitrogens with zero attached hydrogens (tertiary/aromatic N) is 1. The lowest BCUT2D eigenvalue weighted by atomic mass is 9.76. The highest BCUT2D eigenvalue weighted by Gasteiger charge is 2.45. The molecule has 0 saturated carbocycles. The van der Waals surface area contributed by atoms with Gasteiger partial charge in [0.15, 0.2) is 0 Å². The van der Waals surface area contributed by atoms with Gasteiger partial charge < -0.3 is 144 Å². The molecule has 0 radical (unpaired) electrons. The Morgan fingerprint density at radius 3 is 0.702 bits per heavy atom. The van der Waals surface area contributed by atoms with Crippen LogP contribution in [-0.2, 0) is 133 Å². The summed E-state index contributed by atoms with van der Waals surface area (Å²) in [6.07, 6.45) is 16.6. The number of amides is 1. The van der Waals surface area contributed by atoms with Gasteiger partial charge in [0.2, 0.25) is 17.7 Å². The predicted octanol–water partition coefficient (Wildman–Crippen LogP) is 6.35. The van der Waals surface area contributed by atoms with E-state index in [9.17, 15) is 34.5 Å².